The molecule has 0 aromatic rings. The van der Waals surface area contributed by atoms with E-state index < -0.39 is 17.8 Å². The van der Waals surface area contributed by atoms with E-state index in [1.54, 1.807) is 0 Å². The average Bonchev–Trinajstić information content (AvgIpc) is 3.07. The van der Waals surface area contributed by atoms with E-state index >= 15 is 0 Å². The number of ether oxygens (including phenoxy) is 1. The molecule has 3 rings (SSSR count). The molecular formula is C30H50O5. The van der Waals surface area contributed by atoms with Crippen molar-refractivity contribution in [1.82, 2.24) is 0 Å². The number of allylic oxidation sites excluding steroid dienone is 3. The third-order valence-corrected chi connectivity index (χ3v) is 9.01. The fraction of sp³-hybridized carbons (Fsp3) is 0.800. The summed E-state index contributed by atoms with van der Waals surface area (Å²) >= 11 is 0. The molecule has 0 saturated heterocycles. The molecule has 0 aromatic carbocycles. The van der Waals surface area contributed by atoms with Gasteiger partial charge in [0.15, 0.2) is 0 Å². The van der Waals surface area contributed by atoms with Gasteiger partial charge in [-0.2, -0.15) is 0 Å². The van der Waals surface area contributed by atoms with Crippen molar-refractivity contribution in [2.45, 2.75) is 116 Å². The molecule has 5 heteroatoms. The summed E-state index contributed by atoms with van der Waals surface area (Å²) < 4.78 is 6.44. The van der Waals surface area contributed by atoms with E-state index in [4.69, 9.17) is 4.74 Å². The number of aliphatic hydroxyl groups excluding tert-OH is 3. The fourth-order valence-corrected chi connectivity index (χ4v) is 7.26. The lowest BCUT2D eigenvalue weighted by molar-refractivity contribution is -0.0279. The molecule has 0 spiro atoms. The first kappa shape index (κ1) is 28.6. The molecule has 0 amide bonds. The van der Waals surface area contributed by atoms with Crippen molar-refractivity contribution in [3.63, 3.8) is 0 Å². The van der Waals surface area contributed by atoms with Crippen molar-refractivity contribution < 1.29 is 25.2 Å². The van der Waals surface area contributed by atoms with Crippen molar-refractivity contribution in [3.8, 4) is 0 Å². The van der Waals surface area contributed by atoms with Crippen LogP contribution in [0.25, 0.3) is 0 Å². The van der Waals surface area contributed by atoms with Gasteiger partial charge in [-0.1, -0.05) is 51.0 Å². The van der Waals surface area contributed by atoms with Gasteiger partial charge < -0.3 is 25.2 Å². The molecule has 5 nitrogen and oxygen atoms in total. The van der Waals surface area contributed by atoms with Gasteiger partial charge in [0.2, 0.25) is 0 Å². The van der Waals surface area contributed by atoms with E-state index in [1.807, 2.05) is 13.8 Å². The second-order valence-electron chi connectivity index (χ2n) is 12.4. The topological polar surface area (TPSA) is 90.2 Å². The second kappa shape index (κ2) is 12.0. The predicted molar refractivity (Wildman–Crippen MR) is 141 cm³/mol. The van der Waals surface area contributed by atoms with Crippen LogP contribution in [-0.4, -0.2) is 57.6 Å². The Morgan fingerprint density at radius 3 is 2.63 bits per heavy atom. The molecule has 3 fully saturated rings. The third kappa shape index (κ3) is 7.07. The zero-order valence-corrected chi connectivity index (χ0v) is 22.5. The lowest BCUT2D eigenvalue weighted by Gasteiger charge is -2.45. The Hall–Kier alpha value is -0.980. The van der Waals surface area contributed by atoms with Gasteiger partial charge in [-0.3, -0.25) is 0 Å². The van der Waals surface area contributed by atoms with Crippen LogP contribution in [0.3, 0.4) is 0 Å². The zero-order chi connectivity index (χ0) is 25.8. The van der Waals surface area contributed by atoms with Gasteiger partial charge in [0, 0.05) is 19.6 Å². The Morgan fingerprint density at radius 1 is 1.20 bits per heavy atom. The molecule has 1 unspecified atom stereocenters. The predicted octanol–water partition coefficient (Wildman–Crippen LogP) is 5.08. The number of hydrogen-bond acceptors (Lipinski definition) is 5. The molecule has 0 radical (unpaired) electrons. The summed E-state index contributed by atoms with van der Waals surface area (Å²) in [6.07, 6.45) is 12.2. The Labute approximate surface area is 213 Å². The van der Waals surface area contributed by atoms with Crippen LogP contribution < -0.4 is 0 Å². The summed E-state index contributed by atoms with van der Waals surface area (Å²) in [6.45, 7) is 13.4. The van der Waals surface area contributed by atoms with Gasteiger partial charge >= 0.3 is 0 Å². The minimum absolute atomic E-state index is 0.152. The monoisotopic (exact) mass is 490 g/mol. The minimum atomic E-state index is -0.662. The molecule has 4 N–H and O–H groups in total. The smallest absolute Gasteiger partial charge is 0.0811 e. The van der Waals surface area contributed by atoms with Crippen LogP contribution in [0.5, 0.6) is 0 Å². The first-order valence-electron chi connectivity index (χ1n) is 13.9. The van der Waals surface area contributed by atoms with Crippen molar-refractivity contribution in [2.75, 3.05) is 13.2 Å². The summed E-state index contributed by atoms with van der Waals surface area (Å²) in [5.74, 6) is 1.38. The molecule has 0 bridgehead atoms. The Kier molecular flexibility index (Phi) is 9.84. The van der Waals surface area contributed by atoms with E-state index in [0.717, 1.165) is 49.7 Å². The van der Waals surface area contributed by atoms with Crippen LogP contribution >= 0.6 is 0 Å². The highest BCUT2D eigenvalue weighted by Gasteiger charge is 2.55. The molecule has 0 aromatic heterocycles. The first-order chi connectivity index (χ1) is 16.5. The van der Waals surface area contributed by atoms with Crippen molar-refractivity contribution in [1.29, 1.82) is 0 Å². The van der Waals surface area contributed by atoms with Crippen LogP contribution in [0.15, 0.2) is 35.5 Å². The third-order valence-electron chi connectivity index (χ3n) is 9.01. The van der Waals surface area contributed by atoms with Gasteiger partial charge in [0.25, 0.3) is 0 Å². The standard InChI is InChI=1S/C30H50O5/c1-20(9-6-13-29(3,4)34)28-27(35-16-8-15-31)19-25-22(10-7-14-30(25,28)5)11-12-23-17-24(32)18-26(33)21(23)2/h11-12,20,24-28,31-34H,2,6-10,13-19H2,1,3-5H3/b22-11+,23-12+/t20-,24-,25+,26+,27?,28+,30-/m1/s1. The largest absolute Gasteiger partial charge is 0.396 e. The van der Waals surface area contributed by atoms with Crippen LogP contribution in [0, 0.1) is 23.2 Å². The maximum atomic E-state index is 10.2. The van der Waals surface area contributed by atoms with Crippen LogP contribution in [0.1, 0.15) is 91.9 Å². The van der Waals surface area contributed by atoms with E-state index in [-0.39, 0.29) is 18.1 Å². The minimum Gasteiger partial charge on any atom is -0.396 e. The maximum absolute atomic E-state index is 10.2. The highest BCUT2D eigenvalue weighted by atomic mass is 16.5. The molecule has 7 atom stereocenters. The Bertz CT molecular complexity index is 778. The molecule has 0 aliphatic heterocycles. The lowest BCUT2D eigenvalue weighted by atomic mass is 9.60. The average molecular weight is 491 g/mol. The molecular weight excluding hydrogens is 440 g/mol. The Morgan fingerprint density at radius 2 is 1.94 bits per heavy atom. The summed E-state index contributed by atoms with van der Waals surface area (Å²) in [7, 11) is 0. The molecule has 0 heterocycles. The van der Waals surface area contributed by atoms with Crippen molar-refractivity contribution in [3.05, 3.63) is 35.5 Å². The normalized spacial score (nSPS) is 37.1. The fourth-order valence-electron chi connectivity index (χ4n) is 7.26. The highest BCUT2D eigenvalue weighted by Crippen LogP contribution is 2.60. The van der Waals surface area contributed by atoms with E-state index in [0.29, 0.717) is 43.6 Å². The summed E-state index contributed by atoms with van der Waals surface area (Å²) in [6, 6.07) is 0. The number of fused-ring (bicyclic) bond motifs is 1. The van der Waals surface area contributed by atoms with Gasteiger partial charge in [0.05, 0.1) is 23.9 Å². The Balaban J connectivity index is 1.82. The van der Waals surface area contributed by atoms with Gasteiger partial charge in [-0.25, -0.2) is 0 Å². The number of hydrogen-bond donors (Lipinski definition) is 4. The zero-order valence-electron chi connectivity index (χ0n) is 22.5. The summed E-state index contributed by atoms with van der Waals surface area (Å²) in [4.78, 5) is 0. The molecule has 3 saturated carbocycles. The van der Waals surface area contributed by atoms with Crippen LogP contribution in [0.4, 0.5) is 0 Å². The van der Waals surface area contributed by atoms with Crippen molar-refractivity contribution in [2.24, 2.45) is 23.2 Å². The highest BCUT2D eigenvalue weighted by molar-refractivity contribution is 5.38. The summed E-state index contributed by atoms with van der Waals surface area (Å²) in [5.41, 5.74) is 2.68. The van der Waals surface area contributed by atoms with E-state index in [9.17, 15) is 20.4 Å². The quantitative estimate of drug-likeness (QED) is 0.321. The molecule has 35 heavy (non-hydrogen) atoms. The molecule has 3 aliphatic carbocycles. The van der Waals surface area contributed by atoms with Crippen molar-refractivity contribution >= 4 is 0 Å². The molecule has 3 aliphatic rings. The SMILES string of the molecule is C=C1/C(=C/C=C2\CCC[C@@]3(C)[C@@H]([C@H](C)CCCC(C)(C)O)C(OCCCO)C[C@@H]23)C[C@@H](O)C[C@@H]1O. The number of rotatable bonds is 10. The van der Waals surface area contributed by atoms with E-state index in [2.05, 4.69) is 32.6 Å². The van der Waals surface area contributed by atoms with Crippen LogP contribution in [0.2, 0.25) is 0 Å². The second-order valence-corrected chi connectivity index (χ2v) is 12.4. The van der Waals surface area contributed by atoms with Gasteiger partial charge in [-0.15, -0.1) is 0 Å². The number of aliphatic hydroxyl groups is 4. The first-order valence-corrected chi connectivity index (χ1v) is 13.9. The van der Waals surface area contributed by atoms with E-state index in [1.165, 1.54) is 12.0 Å². The van der Waals surface area contributed by atoms with Gasteiger partial charge in [0.1, 0.15) is 0 Å². The van der Waals surface area contributed by atoms with Gasteiger partial charge in [-0.05, 0) is 93.1 Å². The summed E-state index contributed by atoms with van der Waals surface area (Å²) in [5, 5.41) is 39.8. The lowest BCUT2D eigenvalue weighted by Crippen LogP contribution is -2.39. The molecule has 200 valence electrons. The maximum Gasteiger partial charge on any atom is 0.0811 e. The van der Waals surface area contributed by atoms with Crippen LogP contribution in [-0.2, 0) is 4.74 Å².